The molecule has 148 valence electrons. The molecule has 0 aromatic heterocycles. The van der Waals surface area contributed by atoms with Crippen LogP contribution in [0.5, 0.6) is 0 Å². The number of anilines is 3. The molecule has 4 rings (SSSR count). The van der Waals surface area contributed by atoms with E-state index in [4.69, 9.17) is 5.73 Å². The minimum atomic E-state index is 0.804. The van der Waals surface area contributed by atoms with Gasteiger partial charge in [0, 0.05) is 22.8 Å². The van der Waals surface area contributed by atoms with E-state index in [0.717, 1.165) is 29.1 Å². The Labute approximate surface area is 178 Å². The summed E-state index contributed by atoms with van der Waals surface area (Å²) in [6.45, 7) is 2.17. The zero-order valence-corrected chi connectivity index (χ0v) is 17.2. The monoisotopic (exact) mass is 390 g/mol. The van der Waals surface area contributed by atoms with Crippen molar-refractivity contribution in [2.45, 2.75) is 13.3 Å². The van der Waals surface area contributed by atoms with Crippen molar-refractivity contribution in [2.24, 2.45) is 5.73 Å². The van der Waals surface area contributed by atoms with Crippen LogP contribution in [0.4, 0.5) is 17.1 Å². The molecule has 30 heavy (non-hydrogen) atoms. The van der Waals surface area contributed by atoms with Crippen LogP contribution in [0.1, 0.15) is 16.7 Å². The van der Waals surface area contributed by atoms with Gasteiger partial charge in [-0.15, -0.1) is 0 Å². The number of hydrogen-bond donors (Lipinski definition) is 1. The van der Waals surface area contributed by atoms with E-state index in [1.807, 2.05) is 42.5 Å². The molecule has 0 heterocycles. The molecule has 0 aliphatic carbocycles. The standard InChI is InChI=1S/C28H26N2/c1-22-21-23(17-19-27(29)24-11-5-2-6-12-24)18-20-28(22)30(25-13-7-3-8-14-25)26-15-9-4-10-16-26/h2-16,18-21H,17,29H2,1H3/b27-19-. The molecule has 0 saturated heterocycles. The topological polar surface area (TPSA) is 29.3 Å². The molecule has 0 amide bonds. The molecule has 0 unspecified atom stereocenters. The number of rotatable bonds is 6. The van der Waals surface area contributed by atoms with Crippen LogP contribution in [-0.2, 0) is 6.42 Å². The molecule has 0 radical (unpaired) electrons. The van der Waals surface area contributed by atoms with Crippen molar-refractivity contribution in [1.29, 1.82) is 0 Å². The largest absolute Gasteiger partial charge is 0.398 e. The lowest BCUT2D eigenvalue weighted by Gasteiger charge is -2.27. The summed E-state index contributed by atoms with van der Waals surface area (Å²) >= 11 is 0. The lowest BCUT2D eigenvalue weighted by atomic mass is 10.0. The van der Waals surface area contributed by atoms with Gasteiger partial charge < -0.3 is 10.6 Å². The minimum absolute atomic E-state index is 0.804. The molecule has 2 heteroatoms. The number of benzene rings is 4. The highest BCUT2D eigenvalue weighted by Gasteiger charge is 2.14. The van der Waals surface area contributed by atoms with Crippen molar-refractivity contribution < 1.29 is 0 Å². The summed E-state index contributed by atoms with van der Waals surface area (Å²) in [6, 6.07) is 37.7. The first-order chi connectivity index (χ1) is 14.7. The Morgan fingerprint density at radius 2 is 1.27 bits per heavy atom. The first-order valence-electron chi connectivity index (χ1n) is 10.2. The van der Waals surface area contributed by atoms with Crippen LogP contribution < -0.4 is 10.6 Å². The van der Waals surface area contributed by atoms with Crippen LogP contribution in [0.2, 0.25) is 0 Å². The molecule has 0 atom stereocenters. The molecular formula is C28H26N2. The normalized spacial score (nSPS) is 11.3. The smallest absolute Gasteiger partial charge is 0.0490 e. The maximum absolute atomic E-state index is 6.26. The van der Waals surface area contributed by atoms with Gasteiger partial charge in [-0.25, -0.2) is 0 Å². The van der Waals surface area contributed by atoms with Crippen LogP contribution in [0, 0.1) is 6.92 Å². The third-order valence-electron chi connectivity index (χ3n) is 5.20. The first-order valence-corrected chi connectivity index (χ1v) is 10.2. The molecule has 4 aromatic carbocycles. The quantitative estimate of drug-likeness (QED) is 0.384. The average Bonchev–Trinajstić information content (AvgIpc) is 2.81. The van der Waals surface area contributed by atoms with Gasteiger partial charge in [0.1, 0.15) is 0 Å². The van der Waals surface area contributed by atoms with Crippen molar-refractivity contribution in [2.75, 3.05) is 4.90 Å². The van der Waals surface area contributed by atoms with Crippen LogP contribution in [0.25, 0.3) is 5.70 Å². The summed E-state index contributed by atoms with van der Waals surface area (Å²) < 4.78 is 0. The number of para-hydroxylation sites is 2. The molecule has 0 aliphatic rings. The van der Waals surface area contributed by atoms with E-state index in [1.165, 1.54) is 16.8 Å². The zero-order chi connectivity index (χ0) is 20.8. The summed E-state index contributed by atoms with van der Waals surface area (Å²) in [5, 5.41) is 0. The summed E-state index contributed by atoms with van der Waals surface area (Å²) in [7, 11) is 0. The number of nitrogens with two attached hydrogens (primary N) is 1. The van der Waals surface area contributed by atoms with Crippen LogP contribution >= 0.6 is 0 Å². The Bertz CT molecular complexity index is 1080. The first kappa shape index (κ1) is 19.5. The fourth-order valence-corrected chi connectivity index (χ4v) is 3.65. The van der Waals surface area contributed by atoms with E-state index >= 15 is 0 Å². The SMILES string of the molecule is Cc1cc(C/C=C(\N)c2ccccc2)ccc1N(c1ccccc1)c1ccccc1. The fourth-order valence-electron chi connectivity index (χ4n) is 3.65. The Balaban J connectivity index is 1.64. The maximum atomic E-state index is 6.26. The summed E-state index contributed by atoms with van der Waals surface area (Å²) in [5.41, 5.74) is 14.1. The van der Waals surface area contributed by atoms with Gasteiger partial charge in [-0.05, 0) is 60.4 Å². The summed E-state index contributed by atoms with van der Waals surface area (Å²) in [6.07, 6.45) is 2.90. The van der Waals surface area contributed by atoms with E-state index < -0.39 is 0 Å². The second-order valence-electron chi connectivity index (χ2n) is 7.36. The van der Waals surface area contributed by atoms with Gasteiger partial charge in [-0.1, -0.05) is 84.9 Å². The molecule has 2 N–H and O–H groups in total. The molecule has 4 aromatic rings. The van der Waals surface area contributed by atoms with E-state index in [0.29, 0.717) is 0 Å². The Morgan fingerprint density at radius 3 is 1.80 bits per heavy atom. The van der Waals surface area contributed by atoms with E-state index in [9.17, 15) is 0 Å². The molecule has 0 spiro atoms. The zero-order valence-electron chi connectivity index (χ0n) is 17.2. The van der Waals surface area contributed by atoms with Crippen molar-refractivity contribution in [3.63, 3.8) is 0 Å². The van der Waals surface area contributed by atoms with E-state index in [-0.39, 0.29) is 0 Å². The Morgan fingerprint density at radius 1 is 0.733 bits per heavy atom. The van der Waals surface area contributed by atoms with Crippen molar-refractivity contribution in [3.8, 4) is 0 Å². The van der Waals surface area contributed by atoms with E-state index in [1.54, 1.807) is 0 Å². The van der Waals surface area contributed by atoms with Gasteiger partial charge in [0.2, 0.25) is 0 Å². The van der Waals surface area contributed by atoms with Gasteiger partial charge >= 0.3 is 0 Å². The lowest BCUT2D eigenvalue weighted by molar-refractivity contribution is 1.20. The summed E-state index contributed by atoms with van der Waals surface area (Å²) in [4.78, 5) is 2.30. The van der Waals surface area contributed by atoms with Gasteiger partial charge in [0.15, 0.2) is 0 Å². The van der Waals surface area contributed by atoms with Crippen LogP contribution in [0.15, 0.2) is 115 Å². The number of nitrogens with zero attached hydrogens (tertiary/aromatic N) is 1. The highest BCUT2D eigenvalue weighted by Crippen LogP contribution is 2.36. The molecule has 0 aliphatic heterocycles. The van der Waals surface area contributed by atoms with Crippen molar-refractivity contribution >= 4 is 22.8 Å². The lowest BCUT2D eigenvalue weighted by Crippen LogP contribution is -2.11. The number of hydrogen-bond acceptors (Lipinski definition) is 2. The molecule has 2 nitrogen and oxygen atoms in total. The second-order valence-corrected chi connectivity index (χ2v) is 7.36. The Kier molecular flexibility index (Phi) is 5.95. The highest BCUT2D eigenvalue weighted by molar-refractivity contribution is 5.78. The second kappa shape index (κ2) is 9.15. The molecule has 0 saturated carbocycles. The number of aryl methyl sites for hydroxylation is 1. The minimum Gasteiger partial charge on any atom is -0.398 e. The number of allylic oxidation sites excluding steroid dienone is 1. The highest BCUT2D eigenvalue weighted by atomic mass is 15.1. The molecule has 0 fully saturated rings. The van der Waals surface area contributed by atoms with Crippen LogP contribution in [0.3, 0.4) is 0 Å². The molecule has 0 bridgehead atoms. The third-order valence-corrected chi connectivity index (χ3v) is 5.20. The van der Waals surface area contributed by atoms with Gasteiger partial charge in [0.05, 0.1) is 0 Å². The Hall–Kier alpha value is -3.78. The van der Waals surface area contributed by atoms with Crippen molar-refractivity contribution in [3.05, 3.63) is 132 Å². The summed E-state index contributed by atoms with van der Waals surface area (Å²) in [5.74, 6) is 0. The average molecular weight is 391 g/mol. The predicted octanol–water partition coefficient (Wildman–Crippen LogP) is 7.01. The molecular weight excluding hydrogens is 364 g/mol. The van der Waals surface area contributed by atoms with Gasteiger partial charge in [-0.2, -0.15) is 0 Å². The third kappa shape index (κ3) is 4.44. The fraction of sp³-hybridized carbons (Fsp3) is 0.0714. The van der Waals surface area contributed by atoms with Crippen LogP contribution in [-0.4, -0.2) is 0 Å². The maximum Gasteiger partial charge on any atom is 0.0490 e. The van der Waals surface area contributed by atoms with Gasteiger partial charge in [-0.3, -0.25) is 0 Å². The predicted molar refractivity (Wildman–Crippen MR) is 128 cm³/mol. The van der Waals surface area contributed by atoms with Crippen molar-refractivity contribution in [1.82, 2.24) is 0 Å². The van der Waals surface area contributed by atoms with Gasteiger partial charge in [0.25, 0.3) is 0 Å². The van der Waals surface area contributed by atoms with E-state index in [2.05, 4.69) is 84.6 Å².